The molecule has 0 rings (SSSR count). The normalized spacial score (nSPS) is 10.2. The molecule has 0 saturated heterocycles. The summed E-state index contributed by atoms with van der Waals surface area (Å²) in [6.07, 6.45) is 1.55. The molecule has 0 bridgehead atoms. The van der Waals surface area contributed by atoms with Gasteiger partial charge in [0.25, 0.3) is 0 Å². The molecule has 0 fully saturated rings. The van der Waals surface area contributed by atoms with Gasteiger partial charge in [0.2, 0.25) is 5.91 Å². The zero-order chi connectivity index (χ0) is 8.20. The van der Waals surface area contributed by atoms with E-state index >= 15 is 0 Å². The van der Waals surface area contributed by atoms with Crippen LogP contribution in [0.2, 0.25) is 0 Å². The Kier molecular flexibility index (Phi) is 2.84. The third-order valence-corrected chi connectivity index (χ3v) is 1.29. The Morgan fingerprint density at radius 3 is 2.60 bits per heavy atom. The molecule has 0 radical (unpaired) electrons. The Bertz CT molecular complexity index is 168. The highest BCUT2D eigenvalue weighted by molar-refractivity contribution is 5.83. The van der Waals surface area contributed by atoms with Crippen molar-refractivity contribution in [2.75, 3.05) is 6.54 Å². The van der Waals surface area contributed by atoms with Gasteiger partial charge in [-0.1, -0.05) is 0 Å². The highest BCUT2D eigenvalue weighted by atomic mass is 16.2. The Morgan fingerprint density at radius 2 is 2.30 bits per heavy atom. The quantitative estimate of drug-likeness (QED) is 0.404. The third-order valence-electron chi connectivity index (χ3n) is 1.29. The number of nitriles is 1. The van der Waals surface area contributed by atoms with Gasteiger partial charge in [0.05, 0.1) is 5.41 Å². The van der Waals surface area contributed by atoms with E-state index in [0.717, 1.165) is 0 Å². The second-order valence-corrected chi connectivity index (χ2v) is 2.65. The molecule has 0 saturated carbocycles. The number of nitrogens with zero attached hydrogens (tertiary/aromatic N) is 1. The van der Waals surface area contributed by atoms with Crippen molar-refractivity contribution in [3.05, 3.63) is 0 Å². The van der Waals surface area contributed by atoms with Gasteiger partial charge in [0, 0.05) is 6.54 Å². The number of hydrogen-bond acceptors (Lipinski definition) is 3. The van der Waals surface area contributed by atoms with E-state index in [1.54, 1.807) is 20.0 Å². The van der Waals surface area contributed by atoms with Crippen molar-refractivity contribution in [2.45, 2.75) is 13.8 Å². The molecule has 4 heteroatoms. The number of hydrogen-bond donors (Lipinski definition) is 2. The maximum Gasteiger partial charge on any atom is 0.239 e. The van der Waals surface area contributed by atoms with Crippen LogP contribution in [-0.2, 0) is 4.79 Å². The molecule has 0 aliphatic heterocycles. The molecule has 0 aliphatic carbocycles. The van der Waals surface area contributed by atoms with Gasteiger partial charge in [-0.2, -0.15) is 5.26 Å². The number of carbonyl (C=O) groups is 1. The summed E-state index contributed by atoms with van der Waals surface area (Å²) in [6.45, 7) is 3.60. The lowest BCUT2D eigenvalue weighted by Crippen LogP contribution is -2.39. The Hall–Kier alpha value is -1.08. The van der Waals surface area contributed by atoms with E-state index in [1.807, 2.05) is 5.32 Å². The minimum Gasteiger partial charge on any atom is -0.329 e. The molecule has 4 nitrogen and oxygen atoms in total. The molecule has 0 aromatic heterocycles. The number of nitrogens with two attached hydrogens (primary N) is 1. The van der Waals surface area contributed by atoms with Gasteiger partial charge < -0.3 is 5.73 Å². The Balaban J connectivity index is 4.08. The van der Waals surface area contributed by atoms with Gasteiger partial charge in [-0.25, -0.2) is 0 Å². The fourth-order valence-corrected chi connectivity index (χ4v) is 0.313. The third kappa shape index (κ3) is 2.03. The van der Waals surface area contributed by atoms with Crippen molar-refractivity contribution in [1.82, 2.24) is 5.32 Å². The van der Waals surface area contributed by atoms with Gasteiger partial charge in [-0.05, 0) is 13.8 Å². The van der Waals surface area contributed by atoms with Gasteiger partial charge in [-0.3, -0.25) is 10.1 Å². The van der Waals surface area contributed by atoms with E-state index in [1.165, 1.54) is 0 Å². The lowest BCUT2D eigenvalue weighted by molar-refractivity contribution is -0.127. The highest BCUT2D eigenvalue weighted by Gasteiger charge is 2.25. The largest absolute Gasteiger partial charge is 0.329 e. The van der Waals surface area contributed by atoms with E-state index in [9.17, 15) is 4.79 Å². The van der Waals surface area contributed by atoms with Crippen LogP contribution in [0.15, 0.2) is 0 Å². The average Bonchev–Trinajstić information content (AvgIpc) is 1.89. The first-order chi connectivity index (χ1) is 4.54. The number of rotatable bonds is 2. The van der Waals surface area contributed by atoms with Crippen molar-refractivity contribution < 1.29 is 4.79 Å². The molecule has 0 aromatic rings. The predicted octanol–water partition coefficient (Wildman–Crippen LogP) is -0.431. The fraction of sp³-hybridized carbons (Fsp3) is 0.667. The molecular formula is C6H11N3O. The first-order valence-electron chi connectivity index (χ1n) is 2.94. The second kappa shape index (κ2) is 3.18. The minimum atomic E-state index is -0.643. The Labute approximate surface area is 60.0 Å². The SMILES string of the molecule is CC(C)(CN)C(=O)NC#N. The van der Waals surface area contributed by atoms with Crippen LogP contribution in [-0.4, -0.2) is 12.5 Å². The molecule has 3 N–H and O–H groups in total. The molecule has 0 aromatic carbocycles. The van der Waals surface area contributed by atoms with Crippen molar-refractivity contribution >= 4 is 5.91 Å². The smallest absolute Gasteiger partial charge is 0.239 e. The number of amides is 1. The highest BCUT2D eigenvalue weighted by Crippen LogP contribution is 2.11. The molecule has 0 aliphatic rings. The first-order valence-corrected chi connectivity index (χ1v) is 2.94. The van der Waals surface area contributed by atoms with Gasteiger partial charge in [0.15, 0.2) is 6.19 Å². The maximum atomic E-state index is 10.9. The van der Waals surface area contributed by atoms with Crippen molar-refractivity contribution in [1.29, 1.82) is 5.26 Å². The lowest BCUT2D eigenvalue weighted by Gasteiger charge is -2.17. The van der Waals surface area contributed by atoms with Crippen LogP contribution >= 0.6 is 0 Å². The van der Waals surface area contributed by atoms with E-state index in [-0.39, 0.29) is 12.5 Å². The van der Waals surface area contributed by atoms with E-state index < -0.39 is 5.41 Å². The summed E-state index contributed by atoms with van der Waals surface area (Å²) in [5.74, 6) is -0.336. The number of carbonyl (C=O) groups excluding carboxylic acids is 1. The van der Waals surface area contributed by atoms with Crippen LogP contribution in [0.1, 0.15) is 13.8 Å². The monoisotopic (exact) mass is 141 g/mol. The second-order valence-electron chi connectivity index (χ2n) is 2.65. The van der Waals surface area contributed by atoms with Crippen LogP contribution in [0, 0.1) is 16.9 Å². The standard InChI is InChI=1S/C6H11N3O/c1-6(2,3-7)5(10)9-4-8/h3,7H2,1-2H3,(H,9,10). The number of nitrogens with one attached hydrogen (secondary N) is 1. The van der Waals surface area contributed by atoms with E-state index in [0.29, 0.717) is 0 Å². The predicted molar refractivity (Wildman–Crippen MR) is 36.6 cm³/mol. The fourth-order valence-electron chi connectivity index (χ4n) is 0.313. The summed E-state index contributed by atoms with van der Waals surface area (Å²) in [5.41, 5.74) is 4.62. The molecule has 0 atom stereocenters. The maximum absolute atomic E-state index is 10.9. The molecular weight excluding hydrogens is 130 g/mol. The topological polar surface area (TPSA) is 78.9 Å². The van der Waals surface area contributed by atoms with Crippen molar-refractivity contribution in [2.24, 2.45) is 11.1 Å². The molecule has 0 unspecified atom stereocenters. The van der Waals surface area contributed by atoms with Crippen LogP contribution in [0.5, 0.6) is 0 Å². The summed E-state index contributed by atoms with van der Waals surface area (Å²) >= 11 is 0. The molecule has 0 spiro atoms. The summed E-state index contributed by atoms with van der Waals surface area (Å²) < 4.78 is 0. The summed E-state index contributed by atoms with van der Waals surface area (Å²) in [4.78, 5) is 10.9. The zero-order valence-electron chi connectivity index (χ0n) is 6.14. The molecule has 56 valence electrons. The van der Waals surface area contributed by atoms with Crippen LogP contribution in [0.3, 0.4) is 0 Å². The minimum absolute atomic E-state index is 0.237. The summed E-state index contributed by atoms with van der Waals surface area (Å²) in [6, 6.07) is 0. The first kappa shape index (κ1) is 8.92. The van der Waals surface area contributed by atoms with Gasteiger partial charge in [0.1, 0.15) is 0 Å². The van der Waals surface area contributed by atoms with Crippen LogP contribution in [0.4, 0.5) is 0 Å². The van der Waals surface area contributed by atoms with Crippen molar-refractivity contribution in [3.63, 3.8) is 0 Å². The van der Waals surface area contributed by atoms with Crippen LogP contribution < -0.4 is 11.1 Å². The summed E-state index contributed by atoms with van der Waals surface area (Å²) in [7, 11) is 0. The zero-order valence-corrected chi connectivity index (χ0v) is 6.14. The molecule has 10 heavy (non-hydrogen) atoms. The van der Waals surface area contributed by atoms with E-state index in [2.05, 4.69) is 0 Å². The molecule has 0 heterocycles. The van der Waals surface area contributed by atoms with Crippen LogP contribution in [0.25, 0.3) is 0 Å². The van der Waals surface area contributed by atoms with Gasteiger partial charge in [-0.15, -0.1) is 0 Å². The van der Waals surface area contributed by atoms with Gasteiger partial charge >= 0.3 is 0 Å². The Morgan fingerprint density at radius 1 is 1.80 bits per heavy atom. The average molecular weight is 141 g/mol. The van der Waals surface area contributed by atoms with E-state index in [4.69, 9.17) is 11.0 Å². The lowest BCUT2D eigenvalue weighted by atomic mass is 9.93. The summed E-state index contributed by atoms with van der Waals surface area (Å²) in [5, 5.41) is 10.1. The van der Waals surface area contributed by atoms with Crippen molar-refractivity contribution in [3.8, 4) is 6.19 Å². The molecule has 1 amide bonds.